The van der Waals surface area contributed by atoms with Crippen molar-refractivity contribution in [3.05, 3.63) is 22.2 Å². The van der Waals surface area contributed by atoms with Crippen LogP contribution in [0, 0.1) is 5.92 Å². The normalized spacial score (nSPS) is 21.2. The van der Waals surface area contributed by atoms with Crippen molar-refractivity contribution in [2.24, 2.45) is 5.92 Å². The second kappa shape index (κ2) is 6.55. The highest BCUT2D eigenvalue weighted by atomic mass is 79.9. The third kappa shape index (κ3) is 3.52. The third-order valence-corrected chi connectivity index (χ3v) is 5.11. The number of hydrogen-bond acceptors (Lipinski definition) is 4. The van der Waals surface area contributed by atoms with Gasteiger partial charge < -0.3 is 15.2 Å². The number of phenolic OH excluding ortho intramolecular Hbond substituents is 1. The van der Waals surface area contributed by atoms with Crippen LogP contribution in [0.2, 0.25) is 0 Å². The molecule has 0 spiro atoms. The first-order valence-corrected chi connectivity index (χ1v) is 8.49. The average molecular weight is 355 g/mol. The molecule has 21 heavy (non-hydrogen) atoms. The van der Waals surface area contributed by atoms with Crippen LogP contribution >= 0.6 is 15.9 Å². The van der Waals surface area contributed by atoms with Crippen molar-refractivity contribution >= 4 is 15.9 Å². The van der Waals surface area contributed by atoms with Crippen LogP contribution in [0.1, 0.15) is 30.9 Å². The SMILES string of the molecule is COc1cc([C@H](CC2CC2)N2CCNCC2)cc(Br)c1O. The van der Waals surface area contributed by atoms with Crippen molar-refractivity contribution in [2.45, 2.75) is 25.3 Å². The van der Waals surface area contributed by atoms with E-state index in [-0.39, 0.29) is 5.75 Å². The van der Waals surface area contributed by atoms with Gasteiger partial charge in [-0.1, -0.05) is 12.8 Å². The van der Waals surface area contributed by atoms with E-state index in [2.05, 4.69) is 26.1 Å². The Hall–Kier alpha value is -0.780. The fraction of sp³-hybridized carbons (Fsp3) is 0.625. The van der Waals surface area contributed by atoms with Gasteiger partial charge in [-0.2, -0.15) is 0 Å². The van der Waals surface area contributed by atoms with Gasteiger partial charge in [0.05, 0.1) is 11.6 Å². The summed E-state index contributed by atoms with van der Waals surface area (Å²) in [6.07, 6.45) is 3.93. The van der Waals surface area contributed by atoms with Crippen molar-refractivity contribution in [2.75, 3.05) is 33.3 Å². The quantitative estimate of drug-likeness (QED) is 0.853. The lowest BCUT2D eigenvalue weighted by Gasteiger charge is -2.35. The van der Waals surface area contributed by atoms with Crippen LogP contribution in [0.25, 0.3) is 0 Å². The summed E-state index contributed by atoms with van der Waals surface area (Å²) in [6, 6.07) is 4.47. The highest BCUT2D eigenvalue weighted by molar-refractivity contribution is 9.10. The number of hydrogen-bond donors (Lipinski definition) is 2. The Kier molecular flexibility index (Phi) is 4.72. The second-order valence-electron chi connectivity index (χ2n) is 6.03. The smallest absolute Gasteiger partial charge is 0.172 e. The molecule has 2 N–H and O–H groups in total. The minimum Gasteiger partial charge on any atom is -0.503 e. The Balaban J connectivity index is 1.89. The highest BCUT2D eigenvalue weighted by Crippen LogP contribution is 2.43. The van der Waals surface area contributed by atoms with Crippen molar-refractivity contribution in [3.63, 3.8) is 0 Å². The van der Waals surface area contributed by atoms with Gasteiger partial charge in [-0.25, -0.2) is 0 Å². The first kappa shape index (κ1) is 15.1. The van der Waals surface area contributed by atoms with Crippen LogP contribution in [0.15, 0.2) is 16.6 Å². The van der Waals surface area contributed by atoms with Crippen molar-refractivity contribution in [3.8, 4) is 11.5 Å². The van der Waals surface area contributed by atoms with Crippen molar-refractivity contribution in [1.82, 2.24) is 10.2 Å². The second-order valence-corrected chi connectivity index (χ2v) is 6.89. The van der Waals surface area contributed by atoms with Crippen LogP contribution in [-0.4, -0.2) is 43.3 Å². The number of ether oxygens (including phenoxy) is 1. The summed E-state index contributed by atoms with van der Waals surface area (Å²) < 4.78 is 6.03. The zero-order chi connectivity index (χ0) is 14.8. The van der Waals surface area contributed by atoms with Gasteiger partial charge >= 0.3 is 0 Å². The summed E-state index contributed by atoms with van der Waals surface area (Å²) in [6.45, 7) is 4.27. The summed E-state index contributed by atoms with van der Waals surface area (Å²) in [5, 5.41) is 13.4. The van der Waals surface area contributed by atoms with Gasteiger partial charge in [0.2, 0.25) is 0 Å². The summed E-state index contributed by atoms with van der Waals surface area (Å²) in [5.74, 6) is 1.60. The van der Waals surface area contributed by atoms with Gasteiger partial charge in [-0.05, 0) is 46.0 Å². The molecule has 2 aliphatic rings. The molecule has 1 saturated carbocycles. The van der Waals surface area contributed by atoms with Crippen LogP contribution in [0.4, 0.5) is 0 Å². The molecule has 2 fully saturated rings. The number of piperazine rings is 1. The molecule has 3 rings (SSSR count). The number of phenols is 1. The Bertz CT molecular complexity index is 499. The van der Waals surface area contributed by atoms with E-state index in [1.165, 1.54) is 24.8 Å². The molecule has 5 heteroatoms. The van der Waals surface area contributed by atoms with Gasteiger partial charge in [0.15, 0.2) is 11.5 Å². The zero-order valence-corrected chi connectivity index (χ0v) is 14.0. The highest BCUT2D eigenvalue weighted by Gasteiger charge is 2.31. The molecular formula is C16H23BrN2O2. The monoisotopic (exact) mass is 354 g/mol. The van der Waals surface area contributed by atoms with Crippen molar-refractivity contribution in [1.29, 1.82) is 0 Å². The molecule has 1 heterocycles. The number of methoxy groups -OCH3 is 1. The summed E-state index contributed by atoms with van der Waals surface area (Å²) >= 11 is 3.45. The van der Waals surface area contributed by atoms with Crippen LogP contribution in [0.5, 0.6) is 11.5 Å². The topological polar surface area (TPSA) is 44.7 Å². The Morgan fingerprint density at radius 1 is 1.38 bits per heavy atom. The maximum absolute atomic E-state index is 10.0. The fourth-order valence-corrected chi connectivity index (χ4v) is 3.56. The Labute approximate surface area is 134 Å². The first-order chi connectivity index (χ1) is 10.2. The molecule has 1 aromatic carbocycles. The molecule has 1 saturated heterocycles. The molecule has 1 aromatic rings. The molecule has 0 bridgehead atoms. The molecule has 1 aliphatic heterocycles. The number of halogens is 1. The van der Waals surface area contributed by atoms with Gasteiger partial charge in [-0.3, -0.25) is 4.90 Å². The lowest BCUT2D eigenvalue weighted by molar-refractivity contribution is 0.160. The standard InChI is InChI=1S/C16H23BrN2O2/c1-21-15-10-12(9-13(17)16(15)20)14(8-11-2-3-11)19-6-4-18-5-7-19/h9-11,14,18,20H,2-8H2,1H3/t14-/m0/s1. The van der Waals surface area contributed by atoms with E-state index in [1.54, 1.807) is 7.11 Å². The summed E-state index contributed by atoms with van der Waals surface area (Å²) in [5.41, 5.74) is 1.24. The molecule has 0 aromatic heterocycles. The van der Waals surface area contributed by atoms with E-state index in [0.717, 1.165) is 32.1 Å². The number of nitrogens with zero attached hydrogens (tertiary/aromatic N) is 1. The number of benzene rings is 1. The average Bonchev–Trinajstić information content (AvgIpc) is 3.32. The largest absolute Gasteiger partial charge is 0.503 e. The maximum atomic E-state index is 10.0. The molecule has 1 aliphatic carbocycles. The fourth-order valence-electron chi connectivity index (χ4n) is 3.10. The summed E-state index contributed by atoms with van der Waals surface area (Å²) in [4.78, 5) is 2.56. The number of rotatable bonds is 5. The minimum absolute atomic E-state index is 0.187. The Morgan fingerprint density at radius 2 is 2.10 bits per heavy atom. The molecule has 0 unspecified atom stereocenters. The van der Waals surface area contributed by atoms with E-state index >= 15 is 0 Å². The van der Waals surface area contributed by atoms with E-state index in [9.17, 15) is 5.11 Å². The van der Waals surface area contributed by atoms with Crippen LogP contribution in [-0.2, 0) is 0 Å². The minimum atomic E-state index is 0.187. The molecule has 4 nitrogen and oxygen atoms in total. The Morgan fingerprint density at radius 3 is 2.71 bits per heavy atom. The predicted molar refractivity (Wildman–Crippen MR) is 86.9 cm³/mol. The zero-order valence-electron chi connectivity index (χ0n) is 12.4. The summed E-state index contributed by atoms with van der Waals surface area (Å²) in [7, 11) is 1.60. The number of aromatic hydroxyl groups is 1. The number of nitrogens with one attached hydrogen (secondary N) is 1. The predicted octanol–water partition coefficient (Wildman–Crippen LogP) is 2.91. The lowest BCUT2D eigenvalue weighted by Crippen LogP contribution is -2.45. The van der Waals surface area contributed by atoms with Crippen LogP contribution < -0.4 is 10.1 Å². The maximum Gasteiger partial charge on any atom is 0.172 e. The van der Waals surface area contributed by atoms with E-state index in [0.29, 0.717) is 16.3 Å². The van der Waals surface area contributed by atoms with Gasteiger partial charge in [0.1, 0.15) is 0 Å². The lowest BCUT2D eigenvalue weighted by atomic mass is 9.98. The van der Waals surface area contributed by atoms with Crippen molar-refractivity contribution < 1.29 is 9.84 Å². The molecule has 0 amide bonds. The van der Waals surface area contributed by atoms with E-state index in [4.69, 9.17) is 4.74 Å². The van der Waals surface area contributed by atoms with Gasteiger partial charge in [0, 0.05) is 32.2 Å². The third-order valence-electron chi connectivity index (χ3n) is 4.50. The van der Waals surface area contributed by atoms with Gasteiger partial charge in [-0.15, -0.1) is 0 Å². The molecule has 0 radical (unpaired) electrons. The van der Waals surface area contributed by atoms with E-state index in [1.807, 2.05) is 12.1 Å². The van der Waals surface area contributed by atoms with E-state index < -0.39 is 0 Å². The molecular weight excluding hydrogens is 332 g/mol. The molecule has 1 atom stereocenters. The first-order valence-electron chi connectivity index (χ1n) is 7.70. The van der Waals surface area contributed by atoms with Crippen LogP contribution in [0.3, 0.4) is 0 Å². The van der Waals surface area contributed by atoms with Gasteiger partial charge in [0.25, 0.3) is 0 Å². The molecule has 116 valence electrons.